The number of esters is 2. The maximum absolute atomic E-state index is 14.9. The molecule has 0 saturated carbocycles. The van der Waals surface area contributed by atoms with E-state index in [1.165, 1.54) is 57.8 Å². The number of nitro groups is 1. The van der Waals surface area contributed by atoms with Crippen LogP contribution in [0.1, 0.15) is 128 Å². The molecular formula is C51H73N9O13S2. The van der Waals surface area contributed by atoms with Gasteiger partial charge in [-0.15, -0.1) is 0 Å². The molecule has 3 aromatic rings. The highest BCUT2D eigenvalue weighted by Gasteiger charge is 2.39. The molecule has 1 unspecified atom stereocenters. The summed E-state index contributed by atoms with van der Waals surface area (Å²) in [4.78, 5) is 116. The molecule has 0 bridgehead atoms. The minimum Gasteiger partial charge on any atom is -0.508 e. The monoisotopic (exact) mass is 1080 g/mol. The van der Waals surface area contributed by atoms with Crippen molar-refractivity contribution in [3.05, 3.63) is 81.9 Å². The van der Waals surface area contributed by atoms with E-state index in [1.54, 1.807) is 37.3 Å². The van der Waals surface area contributed by atoms with Crippen molar-refractivity contribution in [3.63, 3.8) is 0 Å². The number of aromatic hydroxyl groups is 1. The number of aromatic nitrogens is 2. The zero-order chi connectivity index (χ0) is 55.2. The Balaban J connectivity index is 1.49. The van der Waals surface area contributed by atoms with Crippen molar-refractivity contribution in [3.8, 4) is 5.75 Å². The lowest BCUT2D eigenvalue weighted by molar-refractivity contribution is -0.387. The van der Waals surface area contributed by atoms with Crippen LogP contribution in [0.25, 0.3) is 0 Å². The average Bonchev–Trinajstić information content (AvgIpc) is 3.88. The van der Waals surface area contributed by atoms with Gasteiger partial charge in [-0.3, -0.25) is 49.2 Å². The highest BCUT2D eigenvalue weighted by Crippen LogP contribution is 2.37. The number of carbonyl (C=O) groups excluding carboxylic acids is 7. The first-order valence-corrected chi connectivity index (χ1v) is 27.6. The summed E-state index contributed by atoms with van der Waals surface area (Å²) < 4.78 is 16.6. The van der Waals surface area contributed by atoms with Gasteiger partial charge in [0.25, 0.3) is 11.6 Å². The van der Waals surface area contributed by atoms with Crippen molar-refractivity contribution in [1.82, 2.24) is 41.3 Å². The van der Waals surface area contributed by atoms with E-state index in [4.69, 9.17) is 14.2 Å². The minimum absolute atomic E-state index is 0.0207. The number of H-pyrrole nitrogens is 1. The number of aromatic amines is 1. The number of carbonyl (C=O) groups is 7. The lowest BCUT2D eigenvalue weighted by Gasteiger charge is -2.39. The molecule has 2 aromatic carbocycles. The number of imidazole rings is 1. The van der Waals surface area contributed by atoms with Crippen molar-refractivity contribution < 1.29 is 57.8 Å². The molecule has 1 aliphatic heterocycles. The second-order valence-corrected chi connectivity index (χ2v) is 21.4. The van der Waals surface area contributed by atoms with E-state index in [-0.39, 0.29) is 73.0 Å². The maximum Gasteiger partial charge on any atom is 0.426 e. The van der Waals surface area contributed by atoms with Gasteiger partial charge < -0.3 is 39.8 Å². The van der Waals surface area contributed by atoms with Gasteiger partial charge in [0.1, 0.15) is 29.9 Å². The van der Waals surface area contributed by atoms with Gasteiger partial charge in [0.2, 0.25) is 17.7 Å². The number of piperidine rings is 1. The Morgan fingerprint density at radius 1 is 0.973 bits per heavy atom. The summed E-state index contributed by atoms with van der Waals surface area (Å²) >= 11 is 0. The molecule has 0 spiro atoms. The molecule has 7 atom stereocenters. The molecule has 75 heavy (non-hydrogen) atoms. The number of nitrogens with one attached hydrogen (secondary N) is 5. The Morgan fingerprint density at radius 2 is 1.69 bits per heavy atom. The number of phenols is 1. The van der Waals surface area contributed by atoms with Crippen LogP contribution >= 0.6 is 21.6 Å². The quantitative estimate of drug-likeness (QED) is 0.00833. The van der Waals surface area contributed by atoms with E-state index in [9.17, 15) is 48.8 Å². The molecule has 24 heteroatoms. The van der Waals surface area contributed by atoms with E-state index in [1.807, 2.05) is 46.6 Å². The summed E-state index contributed by atoms with van der Waals surface area (Å²) in [6, 6.07) is 9.74. The summed E-state index contributed by atoms with van der Waals surface area (Å²) in [6.07, 6.45) is 3.11. The molecular weight excluding hydrogens is 1010 g/mol. The third kappa shape index (κ3) is 19.7. The summed E-state index contributed by atoms with van der Waals surface area (Å²) in [5.74, 6) is -4.14. The molecule has 1 saturated heterocycles. The van der Waals surface area contributed by atoms with E-state index in [0.717, 1.165) is 24.9 Å². The van der Waals surface area contributed by atoms with Gasteiger partial charge >= 0.3 is 18.0 Å². The fourth-order valence-electron chi connectivity index (χ4n) is 8.40. The zero-order valence-corrected chi connectivity index (χ0v) is 45.6. The van der Waals surface area contributed by atoms with Crippen molar-refractivity contribution in [2.75, 3.05) is 32.7 Å². The topological polar surface area (TPSA) is 294 Å². The number of phenolic OH excluding ortho intramolecular Hbond substituents is 1. The molecule has 2 heterocycles. The molecule has 0 radical (unpaired) electrons. The zero-order valence-electron chi connectivity index (χ0n) is 44.0. The van der Waals surface area contributed by atoms with Gasteiger partial charge in [-0.05, 0) is 81.3 Å². The fourth-order valence-corrected chi connectivity index (χ4v) is 10.4. The van der Waals surface area contributed by atoms with Crippen LogP contribution in [0.5, 0.6) is 5.75 Å². The van der Waals surface area contributed by atoms with Crippen LogP contribution in [0.2, 0.25) is 0 Å². The molecule has 22 nitrogen and oxygen atoms in total. The van der Waals surface area contributed by atoms with Crippen LogP contribution in [0.3, 0.4) is 0 Å². The molecule has 4 rings (SSSR count). The van der Waals surface area contributed by atoms with Crippen LogP contribution < -0.4 is 21.5 Å². The molecule has 6 N–H and O–H groups in total. The number of amides is 5. The smallest absolute Gasteiger partial charge is 0.426 e. The molecule has 412 valence electrons. The Labute approximate surface area is 445 Å². The number of ether oxygens (including phenoxy) is 3. The number of nitro benzene ring substituents is 1. The fraction of sp³-hybridized carbons (Fsp3) is 0.569. The summed E-state index contributed by atoms with van der Waals surface area (Å²) in [6.45, 7) is 12.4. The minimum atomic E-state index is -1.14. The Bertz CT molecular complexity index is 2390. The van der Waals surface area contributed by atoms with Crippen LogP contribution in [0.4, 0.5) is 10.5 Å². The third-order valence-electron chi connectivity index (χ3n) is 12.8. The number of likely N-dealkylation sites (tertiary alicyclic amines) is 1. The third-order valence-corrected chi connectivity index (χ3v) is 15.1. The van der Waals surface area contributed by atoms with Gasteiger partial charge in [-0.25, -0.2) is 15.2 Å². The number of nitrogens with zero attached hydrogens (tertiary/aromatic N) is 4. The maximum atomic E-state index is 14.9. The second kappa shape index (κ2) is 30.8. The van der Waals surface area contributed by atoms with Crippen molar-refractivity contribution in [1.29, 1.82) is 0 Å². The number of benzene rings is 2. The second-order valence-electron chi connectivity index (χ2n) is 19.0. The Morgan fingerprint density at radius 3 is 2.35 bits per heavy atom. The highest BCUT2D eigenvalue weighted by atomic mass is 33.1. The lowest BCUT2D eigenvalue weighted by atomic mass is 9.92. The molecule has 1 aliphatic rings. The van der Waals surface area contributed by atoms with E-state index < -0.39 is 83.6 Å². The predicted molar refractivity (Wildman–Crippen MR) is 282 cm³/mol. The molecule has 1 fully saturated rings. The number of hydrogen-bond acceptors (Lipinski definition) is 17. The van der Waals surface area contributed by atoms with Crippen LogP contribution in [-0.4, -0.2) is 128 Å². The standard InChI is InChI=1S/C51H73N9O13S2/c1-9-15-44(63)72-30-59(50(67)45(32(5)10-2)55-49(66)40-17-13-14-23-58(40)8)41(31(3)4)28-42(73-34(7)61)46-52-29-38(54-46)48(65)53-36(27-35-19-21-37(62)22-20-35)26-33(6)47(64)56-57-51(68)71-24-25-74-75-43-18-12-11-16-39(43)60(69)70/h11-12,16,18-22,29,31-33,36,40-42,45,62H,9-10,13-15,17,23-28,30H2,1-8H3,(H,52,54)(H,53,65)(H,55,66)(H,56,64)(H,57,68)/t32?,33-,36+,40+,41-,42+,45-/m0/s1. The number of likely N-dealkylation sites (N-methyl/N-ethyl adjacent to an activating group) is 1. The van der Waals surface area contributed by atoms with Crippen molar-refractivity contribution in [2.45, 2.75) is 141 Å². The van der Waals surface area contributed by atoms with Gasteiger partial charge in [-0.2, -0.15) is 0 Å². The normalized spacial score (nSPS) is 16.0. The van der Waals surface area contributed by atoms with Crippen molar-refractivity contribution >= 4 is 68.9 Å². The van der Waals surface area contributed by atoms with Crippen molar-refractivity contribution in [2.24, 2.45) is 17.8 Å². The predicted octanol–water partition coefficient (Wildman–Crippen LogP) is 6.75. The van der Waals surface area contributed by atoms with Crippen LogP contribution in [0.15, 0.2) is 59.6 Å². The molecule has 0 aliphatic carbocycles. The molecule has 1 aromatic heterocycles. The number of para-hydroxylation sites is 1. The van der Waals surface area contributed by atoms with Crippen LogP contribution in [0, 0.1) is 27.9 Å². The van der Waals surface area contributed by atoms with E-state index in [0.29, 0.717) is 29.9 Å². The molecule has 5 amide bonds. The Kier molecular flexibility index (Phi) is 25.1. The summed E-state index contributed by atoms with van der Waals surface area (Å²) in [5.41, 5.74) is 5.21. The summed E-state index contributed by atoms with van der Waals surface area (Å²) in [5, 5.41) is 27.2. The first kappa shape index (κ1) is 61.1. The van der Waals surface area contributed by atoms with Crippen LogP contribution in [-0.2, 0) is 44.6 Å². The highest BCUT2D eigenvalue weighted by molar-refractivity contribution is 8.76. The number of hydrogen-bond donors (Lipinski definition) is 6. The Hall–Kier alpha value is -6.40. The van der Waals surface area contributed by atoms with Gasteiger partial charge in [0.15, 0.2) is 12.8 Å². The van der Waals surface area contributed by atoms with E-state index in [2.05, 4.69) is 31.5 Å². The number of hydrazine groups is 1. The first-order valence-electron chi connectivity index (χ1n) is 25.3. The first-order chi connectivity index (χ1) is 35.7. The van der Waals surface area contributed by atoms with E-state index >= 15 is 0 Å². The van der Waals surface area contributed by atoms with Gasteiger partial charge in [0, 0.05) is 49.6 Å². The largest absolute Gasteiger partial charge is 0.508 e. The summed E-state index contributed by atoms with van der Waals surface area (Å²) in [7, 11) is 4.30. The lowest BCUT2D eigenvalue weighted by Crippen LogP contribution is -2.59. The van der Waals surface area contributed by atoms with Gasteiger partial charge in [0.05, 0.1) is 22.1 Å². The van der Waals surface area contributed by atoms with Gasteiger partial charge in [-0.1, -0.05) is 100 Å². The average molecular weight is 1080 g/mol. The SMILES string of the molecule is CCCC(=O)OCN(C(=O)[C@@H](NC(=O)[C@H]1CCCCN1C)C(C)CC)[C@@H](C[C@@H](OC(C)=O)c1ncc(C(=O)N[C@@H](Cc2ccc(O)cc2)C[C@H](C)C(=O)NNC(=O)OCCSSc2ccccc2[N+](=O)[O-])[nH]1)C(C)C. The number of rotatable bonds is 28.